The molecule has 1 amide bonds. The van der Waals surface area contributed by atoms with E-state index < -0.39 is 6.04 Å². The number of fused-ring (bicyclic) bond motifs is 1. The molecule has 2 rings (SSSR count). The third kappa shape index (κ3) is 1.49. The van der Waals surface area contributed by atoms with Gasteiger partial charge in [0.2, 0.25) is 5.91 Å². The number of nitrogens with one attached hydrogen (secondary N) is 1. The van der Waals surface area contributed by atoms with Crippen LogP contribution in [0.3, 0.4) is 0 Å². The fourth-order valence-corrected chi connectivity index (χ4v) is 1.59. The average molecular weight is 192 g/mol. The Kier molecular flexibility index (Phi) is 2.23. The second-order valence-electron chi connectivity index (χ2n) is 3.45. The number of benzene rings is 1. The van der Waals surface area contributed by atoms with Gasteiger partial charge in [-0.3, -0.25) is 4.79 Å². The van der Waals surface area contributed by atoms with Crippen molar-refractivity contribution in [2.75, 3.05) is 5.32 Å². The molecule has 4 heteroatoms. The molecule has 0 spiro atoms. The van der Waals surface area contributed by atoms with E-state index in [2.05, 4.69) is 5.32 Å². The molecule has 0 aliphatic carbocycles. The minimum Gasteiger partial charge on any atom is -0.392 e. The second kappa shape index (κ2) is 3.40. The summed E-state index contributed by atoms with van der Waals surface area (Å²) in [5.41, 5.74) is 8.24. The van der Waals surface area contributed by atoms with Gasteiger partial charge in [0.15, 0.2) is 0 Å². The zero-order chi connectivity index (χ0) is 10.1. The van der Waals surface area contributed by atoms with Crippen molar-refractivity contribution in [1.82, 2.24) is 0 Å². The number of aliphatic hydroxyl groups excluding tert-OH is 1. The van der Waals surface area contributed by atoms with Crippen molar-refractivity contribution in [2.45, 2.75) is 19.1 Å². The van der Waals surface area contributed by atoms with E-state index in [-0.39, 0.29) is 12.5 Å². The normalized spacial score (nSPS) is 20.1. The molecule has 0 saturated carbocycles. The maximum absolute atomic E-state index is 11.2. The lowest BCUT2D eigenvalue weighted by Crippen LogP contribution is -2.41. The lowest BCUT2D eigenvalue weighted by molar-refractivity contribution is -0.117. The quantitative estimate of drug-likeness (QED) is 0.586. The number of rotatable bonds is 1. The molecule has 1 aromatic rings. The van der Waals surface area contributed by atoms with Crippen molar-refractivity contribution in [3.8, 4) is 0 Å². The van der Waals surface area contributed by atoms with Gasteiger partial charge in [-0.05, 0) is 23.6 Å². The summed E-state index contributed by atoms with van der Waals surface area (Å²) in [5, 5.41) is 11.7. The van der Waals surface area contributed by atoms with Crippen molar-refractivity contribution >= 4 is 11.6 Å². The highest BCUT2D eigenvalue weighted by atomic mass is 16.3. The molecule has 0 bridgehead atoms. The van der Waals surface area contributed by atoms with Crippen molar-refractivity contribution in [3.63, 3.8) is 0 Å². The highest BCUT2D eigenvalue weighted by molar-refractivity contribution is 5.97. The molecule has 1 heterocycles. The van der Waals surface area contributed by atoms with Gasteiger partial charge >= 0.3 is 0 Å². The number of nitrogens with two attached hydrogens (primary N) is 1. The largest absolute Gasteiger partial charge is 0.392 e. The molecular weight excluding hydrogens is 180 g/mol. The van der Waals surface area contributed by atoms with Crippen LogP contribution < -0.4 is 11.1 Å². The summed E-state index contributed by atoms with van der Waals surface area (Å²) in [6.45, 7) is 0.0104. The molecule has 1 aliphatic rings. The zero-order valence-electron chi connectivity index (χ0n) is 7.66. The first kappa shape index (κ1) is 9.18. The summed E-state index contributed by atoms with van der Waals surface area (Å²) in [6, 6.07) is 4.98. The molecule has 4 nitrogen and oxygen atoms in total. The molecular formula is C10H12N2O2. The summed E-state index contributed by atoms with van der Waals surface area (Å²) in [4.78, 5) is 11.2. The van der Waals surface area contributed by atoms with Crippen molar-refractivity contribution in [3.05, 3.63) is 29.3 Å². The average Bonchev–Trinajstić information content (AvgIpc) is 2.19. The van der Waals surface area contributed by atoms with Gasteiger partial charge in [0.25, 0.3) is 0 Å². The number of carbonyl (C=O) groups is 1. The van der Waals surface area contributed by atoms with E-state index in [9.17, 15) is 4.79 Å². The van der Waals surface area contributed by atoms with Gasteiger partial charge in [0.05, 0.1) is 12.6 Å². The van der Waals surface area contributed by atoms with Crippen LogP contribution in [0.2, 0.25) is 0 Å². The van der Waals surface area contributed by atoms with Crippen LogP contribution in [0.25, 0.3) is 0 Å². The van der Waals surface area contributed by atoms with Crippen LogP contribution in [-0.4, -0.2) is 17.1 Å². The number of hydrogen-bond donors (Lipinski definition) is 3. The van der Waals surface area contributed by atoms with E-state index in [1.54, 1.807) is 12.1 Å². The third-order valence-electron chi connectivity index (χ3n) is 2.39. The lowest BCUT2D eigenvalue weighted by Gasteiger charge is -2.22. The Morgan fingerprint density at radius 2 is 2.36 bits per heavy atom. The van der Waals surface area contributed by atoms with Crippen LogP contribution in [-0.2, 0) is 17.8 Å². The molecule has 0 saturated heterocycles. The van der Waals surface area contributed by atoms with Crippen molar-refractivity contribution in [1.29, 1.82) is 0 Å². The van der Waals surface area contributed by atoms with Crippen LogP contribution in [0.5, 0.6) is 0 Å². The predicted octanol–water partition coefficient (Wildman–Crippen LogP) is 0.000800. The predicted molar refractivity (Wildman–Crippen MR) is 52.7 cm³/mol. The monoisotopic (exact) mass is 192 g/mol. The summed E-state index contributed by atoms with van der Waals surface area (Å²) in [6.07, 6.45) is 0.537. The number of aliphatic hydroxyl groups is 1. The van der Waals surface area contributed by atoms with E-state index >= 15 is 0 Å². The van der Waals surface area contributed by atoms with Gasteiger partial charge in [0, 0.05) is 5.69 Å². The SMILES string of the molecule is N[C@@H]1Cc2cc(CO)ccc2NC1=O. The van der Waals surface area contributed by atoms with E-state index in [0.717, 1.165) is 16.8 Å². The first-order valence-electron chi connectivity index (χ1n) is 4.50. The maximum atomic E-state index is 11.2. The van der Waals surface area contributed by atoms with Gasteiger partial charge in [-0.15, -0.1) is 0 Å². The lowest BCUT2D eigenvalue weighted by atomic mass is 9.98. The van der Waals surface area contributed by atoms with Gasteiger partial charge < -0.3 is 16.2 Å². The Hall–Kier alpha value is -1.39. The van der Waals surface area contributed by atoms with E-state index in [1.165, 1.54) is 0 Å². The van der Waals surface area contributed by atoms with Crippen molar-refractivity contribution in [2.24, 2.45) is 5.73 Å². The van der Waals surface area contributed by atoms with Crippen LogP contribution in [0.4, 0.5) is 5.69 Å². The Morgan fingerprint density at radius 3 is 3.07 bits per heavy atom. The summed E-state index contributed by atoms with van der Waals surface area (Å²) >= 11 is 0. The molecule has 14 heavy (non-hydrogen) atoms. The van der Waals surface area contributed by atoms with Crippen LogP contribution in [0, 0.1) is 0 Å². The highest BCUT2D eigenvalue weighted by Crippen LogP contribution is 2.23. The van der Waals surface area contributed by atoms with Gasteiger partial charge in [-0.2, -0.15) is 0 Å². The molecule has 1 atom stereocenters. The van der Waals surface area contributed by atoms with Crippen molar-refractivity contribution < 1.29 is 9.90 Å². The van der Waals surface area contributed by atoms with Gasteiger partial charge in [-0.1, -0.05) is 12.1 Å². The number of anilines is 1. The number of hydrogen-bond acceptors (Lipinski definition) is 3. The maximum Gasteiger partial charge on any atom is 0.241 e. The van der Waals surface area contributed by atoms with Gasteiger partial charge in [0.1, 0.15) is 0 Å². The van der Waals surface area contributed by atoms with E-state index in [4.69, 9.17) is 10.8 Å². The zero-order valence-corrected chi connectivity index (χ0v) is 7.66. The van der Waals surface area contributed by atoms with Gasteiger partial charge in [-0.25, -0.2) is 0 Å². The van der Waals surface area contributed by atoms with E-state index in [0.29, 0.717) is 6.42 Å². The van der Waals surface area contributed by atoms with Crippen LogP contribution in [0.15, 0.2) is 18.2 Å². The summed E-state index contributed by atoms with van der Waals surface area (Å²) in [5.74, 6) is -0.144. The Labute approximate surface area is 81.7 Å². The number of amides is 1. The standard InChI is InChI=1S/C10H12N2O2/c11-8-4-7-3-6(5-13)1-2-9(7)12-10(8)14/h1-3,8,13H,4-5,11H2,(H,12,14)/t8-/m1/s1. The minimum absolute atomic E-state index is 0.0104. The molecule has 0 unspecified atom stereocenters. The third-order valence-corrected chi connectivity index (χ3v) is 2.39. The summed E-state index contributed by atoms with van der Waals surface area (Å²) in [7, 11) is 0. The van der Waals surface area contributed by atoms with E-state index in [1.807, 2.05) is 6.07 Å². The molecule has 0 aromatic heterocycles. The Balaban J connectivity index is 2.37. The Morgan fingerprint density at radius 1 is 1.57 bits per heavy atom. The second-order valence-corrected chi connectivity index (χ2v) is 3.45. The molecule has 1 aliphatic heterocycles. The minimum atomic E-state index is -0.476. The fourth-order valence-electron chi connectivity index (χ4n) is 1.59. The molecule has 4 N–H and O–H groups in total. The topological polar surface area (TPSA) is 75.3 Å². The first-order chi connectivity index (χ1) is 6.70. The smallest absolute Gasteiger partial charge is 0.241 e. The highest BCUT2D eigenvalue weighted by Gasteiger charge is 2.22. The molecule has 0 radical (unpaired) electrons. The molecule has 0 fully saturated rings. The summed E-state index contributed by atoms with van der Waals surface area (Å²) < 4.78 is 0. The number of carbonyl (C=O) groups excluding carboxylic acids is 1. The molecule has 1 aromatic carbocycles. The first-order valence-corrected chi connectivity index (χ1v) is 4.50. The molecule has 74 valence electrons. The van der Waals surface area contributed by atoms with Crippen LogP contribution in [0.1, 0.15) is 11.1 Å². The Bertz CT molecular complexity index is 376. The fraction of sp³-hybridized carbons (Fsp3) is 0.300. The van der Waals surface area contributed by atoms with Crippen LogP contribution >= 0.6 is 0 Å².